The number of rotatable bonds is 0. The second-order valence-electron chi connectivity index (χ2n) is 3.52. The Labute approximate surface area is 70.4 Å². The van der Waals surface area contributed by atoms with E-state index in [0.29, 0.717) is 0 Å². The summed E-state index contributed by atoms with van der Waals surface area (Å²) in [6.45, 7) is 1.76. The van der Waals surface area contributed by atoms with Crippen molar-refractivity contribution in [2.24, 2.45) is 11.3 Å². The fraction of sp³-hybridized carbons (Fsp3) is 0.556. The normalized spacial score (nSPS) is 39.6. The summed E-state index contributed by atoms with van der Waals surface area (Å²) in [5.41, 5.74) is -0.671. The SMILES string of the molecule is C[C@]12C=CCC[C@H]1C(=O)OC2=O. The van der Waals surface area contributed by atoms with Gasteiger partial charge in [-0.25, -0.2) is 0 Å². The molecule has 3 nitrogen and oxygen atoms in total. The number of carbonyl (C=O) groups excluding carboxylic acids is 2. The molecule has 0 saturated carbocycles. The van der Waals surface area contributed by atoms with Crippen LogP contribution in [0.4, 0.5) is 0 Å². The zero-order chi connectivity index (χ0) is 8.77. The summed E-state index contributed by atoms with van der Waals surface area (Å²) in [6.07, 6.45) is 5.34. The Bertz CT molecular complexity index is 279. The maximum absolute atomic E-state index is 11.2. The molecule has 2 aliphatic rings. The topological polar surface area (TPSA) is 43.4 Å². The van der Waals surface area contributed by atoms with Crippen molar-refractivity contribution in [1.29, 1.82) is 0 Å². The minimum absolute atomic E-state index is 0.241. The van der Waals surface area contributed by atoms with E-state index >= 15 is 0 Å². The summed E-state index contributed by atoms with van der Waals surface area (Å²) in [7, 11) is 0. The number of ether oxygens (including phenoxy) is 1. The van der Waals surface area contributed by atoms with Crippen LogP contribution in [0.3, 0.4) is 0 Å². The second kappa shape index (κ2) is 2.19. The first-order valence-corrected chi connectivity index (χ1v) is 4.08. The van der Waals surface area contributed by atoms with Gasteiger partial charge in [0.1, 0.15) is 0 Å². The van der Waals surface area contributed by atoms with E-state index in [1.54, 1.807) is 13.0 Å². The number of fused-ring (bicyclic) bond motifs is 1. The number of esters is 2. The Morgan fingerprint density at radius 2 is 2.33 bits per heavy atom. The highest BCUT2D eigenvalue weighted by atomic mass is 16.6. The molecule has 1 fully saturated rings. The molecule has 1 aliphatic heterocycles. The van der Waals surface area contributed by atoms with Crippen LogP contribution in [0.15, 0.2) is 12.2 Å². The largest absolute Gasteiger partial charge is 0.392 e. The van der Waals surface area contributed by atoms with Gasteiger partial charge in [-0.1, -0.05) is 12.2 Å². The third kappa shape index (κ3) is 0.763. The zero-order valence-corrected chi connectivity index (χ0v) is 6.87. The molecule has 0 bridgehead atoms. The van der Waals surface area contributed by atoms with Crippen molar-refractivity contribution in [3.63, 3.8) is 0 Å². The van der Waals surface area contributed by atoms with E-state index in [0.717, 1.165) is 12.8 Å². The Balaban J connectivity index is 2.44. The lowest BCUT2D eigenvalue weighted by Crippen LogP contribution is -2.30. The van der Waals surface area contributed by atoms with Crippen molar-refractivity contribution in [2.45, 2.75) is 19.8 Å². The number of hydrogen-bond acceptors (Lipinski definition) is 3. The number of carbonyl (C=O) groups is 2. The molecule has 1 saturated heterocycles. The molecule has 1 heterocycles. The predicted octanol–water partition coefficient (Wildman–Crippen LogP) is 1.04. The molecule has 0 aromatic heterocycles. The van der Waals surface area contributed by atoms with Crippen LogP contribution in [-0.2, 0) is 14.3 Å². The molecule has 0 unspecified atom stereocenters. The molecule has 64 valence electrons. The van der Waals surface area contributed by atoms with Crippen LogP contribution in [0, 0.1) is 11.3 Å². The molecule has 0 aromatic carbocycles. The lowest BCUT2D eigenvalue weighted by atomic mass is 9.73. The maximum atomic E-state index is 11.2. The Kier molecular flexibility index (Phi) is 1.37. The average Bonchev–Trinajstić information content (AvgIpc) is 2.25. The molecule has 0 N–H and O–H groups in total. The molecule has 0 radical (unpaired) electrons. The Hall–Kier alpha value is -1.12. The summed E-state index contributed by atoms with van der Waals surface area (Å²) in [4.78, 5) is 22.4. The lowest BCUT2D eigenvalue weighted by molar-refractivity contribution is -0.154. The third-order valence-corrected chi connectivity index (χ3v) is 2.73. The Morgan fingerprint density at radius 1 is 1.58 bits per heavy atom. The molecule has 12 heavy (non-hydrogen) atoms. The van der Waals surface area contributed by atoms with Crippen LogP contribution >= 0.6 is 0 Å². The molecule has 2 rings (SSSR count). The van der Waals surface area contributed by atoms with E-state index in [4.69, 9.17) is 0 Å². The smallest absolute Gasteiger partial charge is 0.324 e. The van der Waals surface area contributed by atoms with Gasteiger partial charge in [0.15, 0.2) is 0 Å². The van der Waals surface area contributed by atoms with E-state index in [1.807, 2.05) is 6.08 Å². The summed E-state index contributed by atoms with van der Waals surface area (Å²) >= 11 is 0. The first kappa shape index (κ1) is 7.53. The maximum Gasteiger partial charge on any atom is 0.324 e. The lowest BCUT2D eigenvalue weighted by Gasteiger charge is -2.24. The van der Waals surface area contributed by atoms with Gasteiger partial charge in [0, 0.05) is 0 Å². The molecule has 3 heteroatoms. The van der Waals surface area contributed by atoms with Crippen molar-refractivity contribution >= 4 is 11.9 Å². The summed E-state index contributed by atoms with van der Waals surface area (Å²) in [5.74, 6) is -0.990. The summed E-state index contributed by atoms with van der Waals surface area (Å²) in [6, 6.07) is 0. The van der Waals surface area contributed by atoms with Crippen LogP contribution in [0.25, 0.3) is 0 Å². The molecule has 0 amide bonds. The van der Waals surface area contributed by atoms with Gasteiger partial charge in [0.2, 0.25) is 0 Å². The molecule has 1 aliphatic carbocycles. The molecule has 0 spiro atoms. The highest BCUT2D eigenvalue weighted by molar-refractivity contribution is 6.00. The van der Waals surface area contributed by atoms with Gasteiger partial charge in [-0.05, 0) is 19.8 Å². The number of allylic oxidation sites excluding steroid dienone is 1. The number of cyclic esters (lactones) is 2. The van der Waals surface area contributed by atoms with Gasteiger partial charge >= 0.3 is 11.9 Å². The fourth-order valence-corrected chi connectivity index (χ4v) is 1.85. The van der Waals surface area contributed by atoms with Gasteiger partial charge in [0.05, 0.1) is 11.3 Å². The van der Waals surface area contributed by atoms with Gasteiger partial charge in [0.25, 0.3) is 0 Å². The highest BCUT2D eigenvalue weighted by Gasteiger charge is 2.53. The first-order chi connectivity index (χ1) is 5.64. The average molecular weight is 166 g/mol. The molecular formula is C9H10O3. The van der Waals surface area contributed by atoms with E-state index in [1.165, 1.54) is 0 Å². The third-order valence-electron chi connectivity index (χ3n) is 2.73. The van der Waals surface area contributed by atoms with Crippen LogP contribution in [0.2, 0.25) is 0 Å². The van der Waals surface area contributed by atoms with Gasteiger partial charge in [-0.3, -0.25) is 9.59 Å². The molecule has 0 aromatic rings. The monoisotopic (exact) mass is 166 g/mol. The van der Waals surface area contributed by atoms with Crippen molar-refractivity contribution in [3.05, 3.63) is 12.2 Å². The quantitative estimate of drug-likeness (QED) is 0.307. The Morgan fingerprint density at radius 3 is 3.00 bits per heavy atom. The minimum atomic E-state index is -0.671. The van der Waals surface area contributed by atoms with Crippen molar-refractivity contribution in [1.82, 2.24) is 0 Å². The van der Waals surface area contributed by atoms with E-state index in [9.17, 15) is 9.59 Å². The fourth-order valence-electron chi connectivity index (χ4n) is 1.85. The van der Waals surface area contributed by atoms with Crippen LogP contribution in [0.1, 0.15) is 19.8 Å². The highest BCUT2D eigenvalue weighted by Crippen LogP contribution is 2.42. The van der Waals surface area contributed by atoms with Crippen LogP contribution in [0.5, 0.6) is 0 Å². The zero-order valence-electron chi connectivity index (χ0n) is 6.87. The van der Waals surface area contributed by atoms with Crippen molar-refractivity contribution < 1.29 is 14.3 Å². The molecule has 2 atom stereocenters. The van der Waals surface area contributed by atoms with Crippen molar-refractivity contribution in [3.8, 4) is 0 Å². The second-order valence-corrected chi connectivity index (χ2v) is 3.52. The van der Waals surface area contributed by atoms with Crippen molar-refractivity contribution in [2.75, 3.05) is 0 Å². The van der Waals surface area contributed by atoms with E-state index < -0.39 is 11.4 Å². The summed E-state index contributed by atoms with van der Waals surface area (Å²) < 4.78 is 4.58. The standard InChI is InChI=1S/C9H10O3/c1-9-5-3-2-4-6(9)7(10)12-8(9)11/h3,5-6H,2,4H2,1H3/t6-,9-/m0/s1. The van der Waals surface area contributed by atoms with Gasteiger partial charge < -0.3 is 4.74 Å². The van der Waals surface area contributed by atoms with Crippen LogP contribution in [-0.4, -0.2) is 11.9 Å². The molecular weight excluding hydrogens is 156 g/mol. The summed E-state index contributed by atoms with van der Waals surface area (Å²) in [5, 5.41) is 0. The number of hydrogen-bond donors (Lipinski definition) is 0. The predicted molar refractivity (Wildman–Crippen MR) is 41.1 cm³/mol. The van der Waals surface area contributed by atoms with E-state index in [2.05, 4.69) is 4.74 Å². The van der Waals surface area contributed by atoms with E-state index in [-0.39, 0.29) is 11.9 Å². The van der Waals surface area contributed by atoms with Crippen LogP contribution < -0.4 is 0 Å². The van der Waals surface area contributed by atoms with Gasteiger partial charge in [-0.15, -0.1) is 0 Å². The van der Waals surface area contributed by atoms with Gasteiger partial charge in [-0.2, -0.15) is 0 Å². The first-order valence-electron chi connectivity index (χ1n) is 4.08. The minimum Gasteiger partial charge on any atom is -0.392 e.